The highest BCUT2D eigenvalue weighted by molar-refractivity contribution is 6.29. The number of alkyl halides is 2. The number of halogens is 2. The molecule has 1 saturated carbocycles. The summed E-state index contributed by atoms with van der Waals surface area (Å²) in [7, 11) is 0. The number of carbonyl (C=O) groups excluding carboxylic acids is 5. The van der Waals surface area contributed by atoms with Gasteiger partial charge in [-0.05, 0) is 37.0 Å². The molecule has 0 aromatic rings. The van der Waals surface area contributed by atoms with Crippen LogP contribution in [-0.2, 0) is 24.0 Å². The number of rotatable bonds is 9. The quantitative estimate of drug-likeness (QED) is 0.304. The maximum Gasteiger partial charge on any atom is 0.291 e. The molecule has 36 heavy (non-hydrogen) atoms. The summed E-state index contributed by atoms with van der Waals surface area (Å²) in [5.41, 5.74) is 0.0842. The van der Waals surface area contributed by atoms with Gasteiger partial charge in [0.05, 0.1) is 12.5 Å². The fraction of sp³-hybridized carbons (Fsp3) is 0.792. The van der Waals surface area contributed by atoms with Crippen LogP contribution in [0.4, 0.5) is 4.39 Å². The Labute approximate surface area is 216 Å². The van der Waals surface area contributed by atoms with E-state index in [0.29, 0.717) is 25.9 Å². The van der Waals surface area contributed by atoms with E-state index >= 15 is 0 Å². The fourth-order valence-corrected chi connectivity index (χ4v) is 5.67. The van der Waals surface area contributed by atoms with Crippen molar-refractivity contribution in [2.45, 2.75) is 77.0 Å². The Morgan fingerprint density at radius 1 is 1.22 bits per heavy atom. The second kappa shape index (κ2) is 12.2. The van der Waals surface area contributed by atoms with Crippen molar-refractivity contribution in [2.24, 2.45) is 23.7 Å². The topological polar surface area (TPSA) is 128 Å². The maximum atomic E-state index is 13.8. The average molecular weight is 530 g/mol. The summed E-state index contributed by atoms with van der Waals surface area (Å²) in [5.74, 6) is -3.42. The first-order chi connectivity index (χ1) is 17.1. The van der Waals surface area contributed by atoms with Crippen LogP contribution >= 0.6 is 11.6 Å². The Morgan fingerprint density at radius 2 is 1.94 bits per heavy atom. The minimum absolute atomic E-state index is 0.114. The first-order valence-electron chi connectivity index (χ1n) is 12.9. The van der Waals surface area contributed by atoms with E-state index in [4.69, 9.17) is 11.6 Å². The van der Waals surface area contributed by atoms with Crippen molar-refractivity contribution in [3.63, 3.8) is 0 Å². The minimum Gasteiger partial charge on any atom is -0.356 e. The van der Waals surface area contributed by atoms with Gasteiger partial charge < -0.3 is 15.5 Å². The minimum atomic E-state index is -2.39. The molecule has 3 aliphatic rings. The lowest BCUT2D eigenvalue weighted by Crippen LogP contribution is -2.60. The summed E-state index contributed by atoms with van der Waals surface area (Å²) in [6.45, 7) is 6.08. The highest BCUT2D eigenvalue weighted by Gasteiger charge is 2.51. The van der Waals surface area contributed by atoms with E-state index in [2.05, 4.69) is 16.1 Å². The van der Waals surface area contributed by atoms with Gasteiger partial charge in [-0.1, -0.05) is 45.2 Å². The molecule has 2 aliphatic heterocycles. The molecular formula is C24H37ClFN5O5. The summed E-state index contributed by atoms with van der Waals surface area (Å²) in [6.07, 6.45) is 3.84. The molecule has 0 radical (unpaired) electrons. The normalized spacial score (nSPS) is 27.6. The van der Waals surface area contributed by atoms with E-state index < -0.39 is 35.4 Å². The lowest BCUT2D eigenvalue weighted by atomic mass is 9.93. The Kier molecular flexibility index (Phi) is 9.54. The van der Waals surface area contributed by atoms with Crippen LogP contribution in [0.25, 0.3) is 0 Å². The third kappa shape index (κ3) is 6.10. The van der Waals surface area contributed by atoms with E-state index in [-0.39, 0.29) is 48.4 Å². The van der Waals surface area contributed by atoms with Gasteiger partial charge in [-0.2, -0.15) is 0 Å². The van der Waals surface area contributed by atoms with Crippen LogP contribution < -0.4 is 16.1 Å². The Balaban J connectivity index is 1.84. The van der Waals surface area contributed by atoms with E-state index in [1.54, 1.807) is 6.92 Å². The number of nitrogens with zero attached hydrogens (tertiary/aromatic N) is 2. The predicted molar refractivity (Wildman–Crippen MR) is 130 cm³/mol. The smallest absolute Gasteiger partial charge is 0.291 e. The number of likely N-dealkylation sites (tertiary alicyclic amines) is 1. The second-order valence-corrected chi connectivity index (χ2v) is 10.5. The molecule has 7 atom stereocenters. The number of hydrogen-bond acceptors (Lipinski definition) is 5. The van der Waals surface area contributed by atoms with Crippen LogP contribution in [0.1, 0.15) is 59.3 Å². The number of fused-ring (bicyclic) bond motifs is 1. The van der Waals surface area contributed by atoms with Gasteiger partial charge in [0.25, 0.3) is 17.4 Å². The molecule has 0 spiro atoms. The molecule has 3 fully saturated rings. The van der Waals surface area contributed by atoms with Crippen molar-refractivity contribution < 1.29 is 28.4 Å². The van der Waals surface area contributed by atoms with Crippen LogP contribution in [0, 0.1) is 23.7 Å². The van der Waals surface area contributed by atoms with E-state index in [0.717, 1.165) is 24.3 Å². The molecular weight excluding hydrogens is 493 g/mol. The van der Waals surface area contributed by atoms with Gasteiger partial charge in [0.1, 0.15) is 12.1 Å². The van der Waals surface area contributed by atoms with Gasteiger partial charge in [0, 0.05) is 19.5 Å². The van der Waals surface area contributed by atoms with Gasteiger partial charge >= 0.3 is 0 Å². The highest BCUT2D eigenvalue weighted by atomic mass is 35.5. The van der Waals surface area contributed by atoms with Gasteiger partial charge in [-0.25, -0.2) is 9.40 Å². The Morgan fingerprint density at radius 3 is 2.53 bits per heavy atom. The van der Waals surface area contributed by atoms with Gasteiger partial charge in [0.2, 0.25) is 17.7 Å². The molecule has 10 nitrogen and oxygen atoms in total. The summed E-state index contributed by atoms with van der Waals surface area (Å²) in [4.78, 5) is 65.5. The number of hydrogen-bond donors (Lipinski definition) is 3. The lowest BCUT2D eigenvalue weighted by Gasteiger charge is -2.34. The zero-order valence-electron chi connectivity index (χ0n) is 21.1. The third-order valence-corrected chi connectivity index (χ3v) is 8.01. The number of amides is 5. The molecule has 0 aromatic heterocycles. The van der Waals surface area contributed by atoms with Gasteiger partial charge in [-0.15, -0.1) is 0 Å². The summed E-state index contributed by atoms with van der Waals surface area (Å²) < 4.78 is 13.8. The first kappa shape index (κ1) is 28.1. The first-order valence-corrected chi connectivity index (χ1v) is 13.3. The molecule has 202 valence electrons. The van der Waals surface area contributed by atoms with Crippen molar-refractivity contribution in [3.8, 4) is 0 Å². The summed E-state index contributed by atoms with van der Waals surface area (Å²) in [5, 5.41) is 6.23. The maximum absolute atomic E-state index is 13.8. The zero-order valence-corrected chi connectivity index (χ0v) is 21.9. The number of nitrogens with one attached hydrogen (secondary N) is 3. The van der Waals surface area contributed by atoms with Gasteiger partial charge in [0.15, 0.2) is 0 Å². The van der Waals surface area contributed by atoms with Crippen LogP contribution in [0.15, 0.2) is 0 Å². The molecule has 3 N–H and O–H groups in total. The zero-order chi connectivity index (χ0) is 26.6. The van der Waals surface area contributed by atoms with Crippen molar-refractivity contribution in [2.75, 3.05) is 19.6 Å². The lowest BCUT2D eigenvalue weighted by molar-refractivity contribution is -0.150. The van der Waals surface area contributed by atoms with Crippen molar-refractivity contribution >= 4 is 41.1 Å². The molecule has 3 rings (SSSR count). The monoisotopic (exact) mass is 529 g/mol. The van der Waals surface area contributed by atoms with Gasteiger partial charge in [-0.3, -0.25) is 29.4 Å². The predicted octanol–water partition coefficient (Wildman–Crippen LogP) is 1.08. The Bertz CT molecular complexity index is 874. The molecule has 5 amide bonds. The van der Waals surface area contributed by atoms with Crippen molar-refractivity contribution in [3.05, 3.63) is 0 Å². The molecule has 1 aliphatic carbocycles. The third-order valence-electron chi connectivity index (χ3n) is 7.82. The molecule has 3 unspecified atom stereocenters. The largest absolute Gasteiger partial charge is 0.356 e. The van der Waals surface area contributed by atoms with Crippen LogP contribution in [0.2, 0.25) is 0 Å². The van der Waals surface area contributed by atoms with Crippen LogP contribution in [0.3, 0.4) is 0 Å². The molecule has 12 heteroatoms. The molecule has 0 aromatic carbocycles. The van der Waals surface area contributed by atoms with Crippen molar-refractivity contribution in [1.82, 2.24) is 26.0 Å². The second-order valence-electron chi connectivity index (χ2n) is 10.1. The molecule has 2 heterocycles. The van der Waals surface area contributed by atoms with E-state index in [1.165, 1.54) is 4.90 Å². The standard InChI is InChI=1S/C24H37ClFN5O5/c1-4-13(3)18(28-17(32)5-2)23(35)30-11-14-7-6-8-16(14)19(30)22(34)29-31(24(36)20(25)26)12-15-9-10-27-21(15)33/h13-16,18-20H,4-12H2,1-3H3,(H,27,33)(H,28,32)(H,29,34)/t13?,14-,15-,16-,18?,19-,20?/m0/s1. The average Bonchev–Trinajstić information content (AvgIpc) is 3.56. The van der Waals surface area contributed by atoms with E-state index in [9.17, 15) is 28.4 Å². The van der Waals surface area contributed by atoms with Crippen LogP contribution in [-0.4, -0.2) is 76.8 Å². The Hall–Kier alpha value is -2.43. The number of carbonyl (C=O) groups is 5. The summed E-state index contributed by atoms with van der Waals surface area (Å²) >= 11 is 5.40. The van der Waals surface area contributed by atoms with Crippen LogP contribution in [0.5, 0.6) is 0 Å². The fourth-order valence-electron chi connectivity index (χ4n) is 5.55. The van der Waals surface area contributed by atoms with E-state index in [1.807, 2.05) is 13.8 Å². The number of hydrazine groups is 1. The summed E-state index contributed by atoms with van der Waals surface area (Å²) in [6, 6.07) is -1.66. The SMILES string of the molecule is CCC(=O)NC(C(=O)N1C[C@@H]2CCC[C@@H]2[C@H]1C(=O)NN(C[C@@H]1CCNC1=O)C(=O)C(F)Cl)C(C)CC. The molecule has 2 saturated heterocycles. The molecule has 0 bridgehead atoms. The highest BCUT2D eigenvalue weighted by Crippen LogP contribution is 2.42. The van der Waals surface area contributed by atoms with Crippen molar-refractivity contribution in [1.29, 1.82) is 0 Å².